The first kappa shape index (κ1) is 16.5. The second-order valence-corrected chi connectivity index (χ2v) is 7.10. The Bertz CT molecular complexity index is 945. The number of likely N-dealkylation sites (tertiary alicyclic amines) is 1. The zero-order valence-electron chi connectivity index (χ0n) is 14.8. The Morgan fingerprint density at radius 1 is 1.15 bits per heavy atom. The summed E-state index contributed by atoms with van der Waals surface area (Å²) in [6.45, 7) is 4.67. The highest BCUT2D eigenvalue weighted by atomic mass is 16.2. The number of carbonyl (C=O) groups excluding carboxylic acids is 3. The summed E-state index contributed by atoms with van der Waals surface area (Å²) in [6, 6.07) is 7.41. The number of hydrogen-bond acceptors (Lipinski definition) is 4. The van der Waals surface area contributed by atoms with Crippen molar-refractivity contribution in [2.45, 2.75) is 32.2 Å². The summed E-state index contributed by atoms with van der Waals surface area (Å²) < 4.78 is 0. The van der Waals surface area contributed by atoms with Crippen molar-refractivity contribution in [3.63, 3.8) is 0 Å². The third-order valence-electron chi connectivity index (χ3n) is 5.31. The number of aromatic nitrogens is 1. The van der Waals surface area contributed by atoms with Gasteiger partial charge in [0, 0.05) is 18.5 Å². The third-order valence-corrected chi connectivity index (χ3v) is 5.31. The van der Waals surface area contributed by atoms with E-state index in [9.17, 15) is 14.4 Å². The Balaban J connectivity index is 1.57. The molecule has 2 saturated heterocycles. The molecule has 2 fully saturated rings. The normalized spacial score (nSPS) is 18.9. The van der Waals surface area contributed by atoms with Gasteiger partial charge in [0.05, 0.1) is 16.8 Å². The number of urea groups is 1. The summed E-state index contributed by atoms with van der Waals surface area (Å²) in [4.78, 5) is 42.7. The highest BCUT2D eigenvalue weighted by molar-refractivity contribution is 6.07. The van der Waals surface area contributed by atoms with Gasteiger partial charge < -0.3 is 10.2 Å². The second kappa shape index (κ2) is 5.79. The van der Waals surface area contributed by atoms with Crippen molar-refractivity contribution < 1.29 is 14.4 Å². The van der Waals surface area contributed by atoms with Gasteiger partial charge in [0.15, 0.2) is 0 Å². The van der Waals surface area contributed by atoms with Gasteiger partial charge in [-0.2, -0.15) is 0 Å². The smallest absolute Gasteiger partial charge is 0.322 e. The first-order valence-corrected chi connectivity index (χ1v) is 8.69. The molecule has 2 N–H and O–H groups in total. The molecule has 134 valence electrons. The van der Waals surface area contributed by atoms with E-state index in [0.717, 1.165) is 16.5 Å². The molecule has 1 aromatic heterocycles. The molecule has 4 amide bonds. The molecular weight excluding hydrogens is 332 g/mol. The monoisotopic (exact) mass is 352 g/mol. The first-order valence-electron chi connectivity index (χ1n) is 8.69. The van der Waals surface area contributed by atoms with Crippen LogP contribution in [0.15, 0.2) is 24.3 Å². The topological polar surface area (TPSA) is 91.4 Å². The van der Waals surface area contributed by atoms with E-state index in [2.05, 4.69) is 15.6 Å². The Morgan fingerprint density at radius 3 is 2.54 bits per heavy atom. The molecule has 1 aromatic carbocycles. The molecule has 0 atom stereocenters. The van der Waals surface area contributed by atoms with Gasteiger partial charge in [0.1, 0.15) is 5.54 Å². The van der Waals surface area contributed by atoms with E-state index in [4.69, 9.17) is 0 Å². The molecule has 0 radical (unpaired) electrons. The number of aryl methyl sites for hydroxylation is 2. The lowest BCUT2D eigenvalue weighted by atomic mass is 9.87. The first-order chi connectivity index (χ1) is 12.4. The van der Waals surface area contributed by atoms with Crippen molar-refractivity contribution in [1.29, 1.82) is 0 Å². The lowest BCUT2D eigenvalue weighted by molar-refractivity contribution is -0.125. The van der Waals surface area contributed by atoms with E-state index >= 15 is 0 Å². The van der Waals surface area contributed by atoms with E-state index in [1.54, 1.807) is 4.90 Å². The highest BCUT2D eigenvalue weighted by Crippen LogP contribution is 2.27. The van der Waals surface area contributed by atoms with Gasteiger partial charge in [-0.1, -0.05) is 11.6 Å². The average molecular weight is 352 g/mol. The molecule has 26 heavy (non-hydrogen) atoms. The van der Waals surface area contributed by atoms with Crippen LogP contribution < -0.4 is 10.6 Å². The number of piperidine rings is 1. The molecule has 1 spiro atoms. The molecular formula is C19H20N4O3. The molecule has 2 aliphatic rings. The molecule has 2 aliphatic heterocycles. The standard InChI is InChI=1S/C19H20N4O3/c1-11-3-4-15-13(9-11)10-14(12(2)20-15)16(24)23-7-5-19(6-8-23)17(25)21-18(26)22-19/h3-4,9-10H,5-8H2,1-2H3,(H2,21,22,25,26). The summed E-state index contributed by atoms with van der Waals surface area (Å²) in [5.41, 5.74) is 2.39. The molecule has 4 rings (SSSR count). The van der Waals surface area contributed by atoms with E-state index < -0.39 is 11.6 Å². The average Bonchev–Trinajstić information content (AvgIpc) is 2.88. The fraction of sp³-hybridized carbons (Fsp3) is 0.368. The molecule has 7 heteroatoms. The van der Waals surface area contributed by atoms with Crippen LogP contribution in [0.3, 0.4) is 0 Å². The third kappa shape index (κ3) is 2.60. The van der Waals surface area contributed by atoms with Crippen molar-refractivity contribution in [3.05, 3.63) is 41.1 Å². The Kier molecular flexibility index (Phi) is 3.68. The SMILES string of the molecule is Cc1ccc2nc(C)c(C(=O)N3CCC4(CC3)NC(=O)NC4=O)cc2c1. The minimum absolute atomic E-state index is 0.0852. The number of imide groups is 1. The highest BCUT2D eigenvalue weighted by Gasteiger charge is 2.48. The number of fused-ring (bicyclic) bond motifs is 1. The molecule has 2 aromatic rings. The van der Waals surface area contributed by atoms with Crippen LogP contribution in [0.25, 0.3) is 10.9 Å². The van der Waals surface area contributed by atoms with Gasteiger partial charge in [-0.25, -0.2) is 4.79 Å². The number of nitrogens with zero attached hydrogens (tertiary/aromatic N) is 2. The fourth-order valence-electron chi connectivity index (χ4n) is 3.75. The van der Waals surface area contributed by atoms with Crippen LogP contribution in [-0.4, -0.2) is 46.4 Å². The van der Waals surface area contributed by atoms with Crippen molar-refractivity contribution in [3.8, 4) is 0 Å². The number of pyridine rings is 1. The van der Waals surface area contributed by atoms with Crippen LogP contribution in [0.5, 0.6) is 0 Å². The Hall–Kier alpha value is -2.96. The number of nitrogens with one attached hydrogen (secondary N) is 2. The van der Waals surface area contributed by atoms with Crippen LogP contribution in [-0.2, 0) is 4.79 Å². The zero-order chi connectivity index (χ0) is 18.5. The molecule has 3 heterocycles. The largest absolute Gasteiger partial charge is 0.338 e. The van der Waals surface area contributed by atoms with Crippen molar-refractivity contribution in [2.75, 3.05) is 13.1 Å². The van der Waals surface area contributed by atoms with Crippen LogP contribution in [0.4, 0.5) is 4.79 Å². The van der Waals surface area contributed by atoms with Crippen molar-refractivity contribution in [2.24, 2.45) is 0 Å². The summed E-state index contributed by atoms with van der Waals surface area (Å²) in [5, 5.41) is 5.93. The quantitative estimate of drug-likeness (QED) is 0.764. The van der Waals surface area contributed by atoms with Crippen LogP contribution in [0.1, 0.15) is 34.5 Å². The van der Waals surface area contributed by atoms with Gasteiger partial charge in [-0.15, -0.1) is 0 Å². The van der Waals surface area contributed by atoms with Crippen LogP contribution in [0, 0.1) is 13.8 Å². The molecule has 0 saturated carbocycles. The Morgan fingerprint density at radius 2 is 1.88 bits per heavy atom. The number of carbonyl (C=O) groups is 3. The summed E-state index contributed by atoms with van der Waals surface area (Å²) in [6.07, 6.45) is 0.824. The number of amides is 4. The number of rotatable bonds is 1. The van der Waals surface area contributed by atoms with Crippen molar-refractivity contribution >= 4 is 28.7 Å². The zero-order valence-corrected chi connectivity index (χ0v) is 14.8. The fourth-order valence-corrected chi connectivity index (χ4v) is 3.75. The maximum atomic E-state index is 13.0. The predicted octanol–water partition coefficient (Wildman–Crippen LogP) is 1.67. The predicted molar refractivity (Wildman–Crippen MR) is 95.8 cm³/mol. The van der Waals surface area contributed by atoms with E-state index in [1.165, 1.54) is 0 Å². The molecule has 0 aliphatic carbocycles. The molecule has 0 unspecified atom stereocenters. The summed E-state index contributed by atoms with van der Waals surface area (Å²) in [7, 11) is 0. The number of benzene rings is 1. The van der Waals surface area contributed by atoms with Crippen LogP contribution >= 0.6 is 0 Å². The maximum absolute atomic E-state index is 13.0. The van der Waals surface area contributed by atoms with E-state index in [1.807, 2.05) is 38.1 Å². The minimum Gasteiger partial charge on any atom is -0.338 e. The summed E-state index contributed by atoms with van der Waals surface area (Å²) >= 11 is 0. The number of hydrogen-bond donors (Lipinski definition) is 2. The molecule has 0 bridgehead atoms. The van der Waals surface area contributed by atoms with Gasteiger partial charge in [0.25, 0.3) is 11.8 Å². The van der Waals surface area contributed by atoms with Gasteiger partial charge in [-0.05, 0) is 44.9 Å². The maximum Gasteiger partial charge on any atom is 0.322 e. The van der Waals surface area contributed by atoms with Gasteiger partial charge in [0.2, 0.25) is 0 Å². The van der Waals surface area contributed by atoms with Crippen molar-refractivity contribution in [1.82, 2.24) is 20.5 Å². The van der Waals surface area contributed by atoms with E-state index in [-0.39, 0.29) is 11.8 Å². The Labute approximate surface area is 150 Å². The van der Waals surface area contributed by atoms with Gasteiger partial charge >= 0.3 is 6.03 Å². The second-order valence-electron chi connectivity index (χ2n) is 7.10. The lowest BCUT2D eigenvalue weighted by Crippen LogP contribution is -2.55. The lowest BCUT2D eigenvalue weighted by Gasteiger charge is -2.37. The van der Waals surface area contributed by atoms with Crippen LogP contribution in [0.2, 0.25) is 0 Å². The summed E-state index contributed by atoms with van der Waals surface area (Å²) in [5.74, 6) is -0.383. The molecule has 7 nitrogen and oxygen atoms in total. The minimum atomic E-state index is -0.873. The van der Waals surface area contributed by atoms with E-state index in [0.29, 0.717) is 37.2 Å². The van der Waals surface area contributed by atoms with Gasteiger partial charge in [-0.3, -0.25) is 19.9 Å².